The minimum Gasteiger partial charge on any atom is -0.507 e. The molecule has 38 heavy (non-hydrogen) atoms. The molecule has 0 radical (unpaired) electrons. The van der Waals surface area contributed by atoms with E-state index in [1.807, 2.05) is 0 Å². The standard InChI is InChI=1S/C29H25F4NO4/c1-2-3-6-17-38-21-15-9-18(10-16-21)26(35)24-25(22-7-4-5-8-23(22)30)34(28(37)27(24)36)20-13-11-19(12-14-20)29(31,32)33/h4-5,7-16,25,35H,2-3,6,17H2,1H3/b26-24+. The predicted molar refractivity (Wildman–Crippen MR) is 134 cm³/mol. The molecule has 0 aromatic heterocycles. The first kappa shape index (κ1) is 26.9. The molecule has 0 saturated carbocycles. The number of benzene rings is 3. The number of carbonyl (C=O) groups is 2. The molecule has 5 nitrogen and oxygen atoms in total. The van der Waals surface area contributed by atoms with E-state index in [1.54, 1.807) is 12.1 Å². The molecule has 1 atom stereocenters. The van der Waals surface area contributed by atoms with Crippen molar-refractivity contribution in [2.45, 2.75) is 38.4 Å². The molecule has 0 spiro atoms. The summed E-state index contributed by atoms with van der Waals surface area (Å²) in [5, 5.41) is 11.2. The number of ketones is 1. The molecule has 1 aliphatic rings. The maximum absolute atomic E-state index is 15.0. The van der Waals surface area contributed by atoms with Gasteiger partial charge in [0.05, 0.1) is 23.8 Å². The molecule has 0 aliphatic carbocycles. The van der Waals surface area contributed by atoms with Crippen LogP contribution in [0.4, 0.5) is 23.2 Å². The minimum atomic E-state index is -4.61. The summed E-state index contributed by atoms with van der Waals surface area (Å²) < 4.78 is 59.9. The summed E-state index contributed by atoms with van der Waals surface area (Å²) in [7, 11) is 0. The lowest BCUT2D eigenvalue weighted by Gasteiger charge is -2.26. The fraction of sp³-hybridized carbons (Fsp3) is 0.241. The van der Waals surface area contributed by atoms with Gasteiger partial charge in [0.25, 0.3) is 11.7 Å². The van der Waals surface area contributed by atoms with Gasteiger partial charge >= 0.3 is 6.18 Å². The average Bonchev–Trinajstić information content (AvgIpc) is 3.16. The van der Waals surface area contributed by atoms with Crippen molar-refractivity contribution in [2.24, 2.45) is 0 Å². The molecule has 1 heterocycles. The Morgan fingerprint density at radius 1 is 0.947 bits per heavy atom. The van der Waals surface area contributed by atoms with Crippen LogP contribution in [0.2, 0.25) is 0 Å². The van der Waals surface area contributed by atoms with Crippen molar-refractivity contribution in [1.82, 2.24) is 0 Å². The number of aliphatic hydroxyl groups excluding tert-OH is 1. The number of halogens is 4. The highest BCUT2D eigenvalue weighted by Crippen LogP contribution is 2.43. The van der Waals surface area contributed by atoms with Crippen molar-refractivity contribution in [3.05, 3.63) is 101 Å². The Labute approximate surface area is 217 Å². The van der Waals surface area contributed by atoms with Crippen LogP contribution in [0.5, 0.6) is 5.75 Å². The highest BCUT2D eigenvalue weighted by Gasteiger charge is 2.48. The normalized spacial score (nSPS) is 17.2. The Morgan fingerprint density at radius 2 is 1.61 bits per heavy atom. The number of alkyl halides is 3. The van der Waals surface area contributed by atoms with E-state index in [-0.39, 0.29) is 22.4 Å². The third-order valence-corrected chi connectivity index (χ3v) is 6.26. The molecule has 9 heteroatoms. The summed E-state index contributed by atoms with van der Waals surface area (Å²) in [6.07, 6.45) is -1.66. The van der Waals surface area contributed by atoms with Crippen molar-refractivity contribution in [1.29, 1.82) is 0 Å². The number of rotatable bonds is 8. The summed E-state index contributed by atoms with van der Waals surface area (Å²) in [6.45, 7) is 2.60. The lowest BCUT2D eigenvalue weighted by molar-refractivity contribution is -0.137. The van der Waals surface area contributed by atoms with E-state index in [2.05, 4.69) is 6.92 Å². The molecule has 1 aliphatic heterocycles. The third-order valence-electron chi connectivity index (χ3n) is 6.26. The van der Waals surface area contributed by atoms with E-state index in [1.165, 1.54) is 30.3 Å². The summed E-state index contributed by atoms with van der Waals surface area (Å²) in [4.78, 5) is 27.2. The number of ether oxygens (including phenoxy) is 1. The molecule has 198 valence electrons. The first-order valence-corrected chi connectivity index (χ1v) is 12.1. The number of anilines is 1. The number of hydrogen-bond donors (Lipinski definition) is 1. The minimum absolute atomic E-state index is 0.0526. The van der Waals surface area contributed by atoms with Gasteiger partial charge in [-0.15, -0.1) is 0 Å². The SMILES string of the molecule is CCCCCOc1ccc(/C(O)=C2\C(=O)C(=O)N(c3ccc(C(F)(F)F)cc3)C2c2ccccc2F)cc1. The molecule has 1 fully saturated rings. The fourth-order valence-corrected chi connectivity index (χ4v) is 4.31. The van der Waals surface area contributed by atoms with Crippen LogP contribution in [0.3, 0.4) is 0 Å². The number of hydrogen-bond acceptors (Lipinski definition) is 4. The lowest BCUT2D eigenvalue weighted by Crippen LogP contribution is -2.30. The molecule has 1 N–H and O–H groups in total. The Kier molecular flexibility index (Phi) is 7.85. The quantitative estimate of drug-likeness (QED) is 0.112. The molecule has 1 saturated heterocycles. The van der Waals surface area contributed by atoms with Gasteiger partial charge in [-0.2, -0.15) is 13.2 Å². The van der Waals surface area contributed by atoms with Crippen molar-refractivity contribution in [3.8, 4) is 5.75 Å². The van der Waals surface area contributed by atoms with Gasteiger partial charge in [0.15, 0.2) is 0 Å². The monoisotopic (exact) mass is 527 g/mol. The first-order chi connectivity index (χ1) is 18.1. The number of Topliss-reactive ketones (excluding diaryl/α,β-unsaturated/α-hetero) is 1. The maximum atomic E-state index is 15.0. The van der Waals surface area contributed by atoms with Gasteiger partial charge in [-0.25, -0.2) is 4.39 Å². The van der Waals surface area contributed by atoms with E-state index in [9.17, 15) is 32.3 Å². The zero-order valence-electron chi connectivity index (χ0n) is 20.5. The molecule has 1 unspecified atom stereocenters. The lowest BCUT2D eigenvalue weighted by atomic mass is 9.94. The summed E-state index contributed by atoms with van der Waals surface area (Å²) in [6, 6.07) is 13.8. The predicted octanol–water partition coefficient (Wildman–Crippen LogP) is 7.04. The Morgan fingerprint density at radius 3 is 2.21 bits per heavy atom. The second kappa shape index (κ2) is 11.1. The van der Waals surface area contributed by atoms with Crippen LogP contribution in [0.15, 0.2) is 78.4 Å². The number of nitrogens with zero attached hydrogens (tertiary/aromatic N) is 1. The smallest absolute Gasteiger partial charge is 0.416 e. The van der Waals surface area contributed by atoms with Gasteiger partial charge in [-0.1, -0.05) is 38.0 Å². The van der Waals surface area contributed by atoms with E-state index < -0.39 is 41.0 Å². The van der Waals surface area contributed by atoms with Gasteiger partial charge in [0.2, 0.25) is 0 Å². The van der Waals surface area contributed by atoms with E-state index in [0.29, 0.717) is 12.4 Å². The molecule has 0 bridgehead atoms. The molecule has 3 aromatic carbocycles. The third kappa shape index (κ3) is 5.41. The van der Waals surface area contributed by atoms with E-state index in [4.69, 9.17) is 4.74 Å². The first-order valence-electron chi connectivity index (χ1n) is 12.1. The molecule has 1 amide bonds. The second-order valence-electron chi connectivity index (χ2n) is 8.82. The fourth-order valence-electron chi connectivity index (χ4n) is 4.31. The van der Waals surface area contributed by atoms with Gasteiger partial charge in [0, 0.05) is 16.8 Å². The maximum Gasteiger partial charge on any atom is 0.416 e. The Bertz CT molecular complexity index is 1350. The number of carbonyl (C=O) groups excluding carboxylic acids is 2. The van der Waals surface area contributed by atoms with Crippen LogP contribution in [0.1, 0.15) is 48.9 Å². The van der Waals surface area contributed by atoms with Crippen LogP contribution in [-0.2, 0) is 15.8 Å². The van der Waals surface area contributed by atoms with Crippen LogP contribution in [0.25, 0.3) is 5.76 Å². The Hall–Kier alpha value is -4.14. The van der Waals surface area contributed by atoms with Gasteiger partial charge in [-0.3, -0.25) is 14.5 Å². The summed E-state index contributed by atoms with van der Waals surface area (Å²) in [5.74, 6) is -2.93. The molecule has 3 aromatic rings. The molecular formula is C29H25F4NO4. The Balaban J connectivity index is 1.77. The summed E-state index contributed by atoms with van der Waals surface area (Å²) >= 11 is 0. The number of unbranched alkanes of at least 4 members (excludes halogenated alkanes) is 2. The van der Waals surface area contributed by atoms with Crippen molar-refractivity contribution >= 4 is 23.1 Å². The van der Waals surface area contributed by atoms with Gasteiger partial charge in [0.1, 0.15) is 17.3 Å². The highest BCUT2D eigenvalue weighted by atomic mass is 19.4. The van der Waals surface area contributed by atoms with Crippen molar-refractivity contribution in [2.75, 3.05) is 11.5 Å². The van der Waals surface area contributed by atoms with Crippen molar-refractivity contribution < 1.29 is 37.0 Å². The van der Waals surface area contributed by atoms with Crippen LogP contribution in [0, 0.1) is 5.82 Å². The highest BCUT2D eigenvalue weighted by molar-refractivity contribution is 6.51. The van der Waals surface area contributed by atoms with Crippen LogP contribution < -0.4 is 9.64 Å². The zero-order chi connectivity index (χ0) is 27.4. The number of aliphatic hydroxyl groups is 1. The average molecular weight is 528 g/mol. The van der Waals surface area contributed by atoms with Gasteiger partial charge in [-0.05, 0) is 61.0 Å². The zero-order valence-corrected chi connectivity index (χ0v) is 20.5. The topological polar surface area (TPSA) is 66.8 Å². The second-order valence-corrected chi connectivity index (χ2v) is 8.82. The van der Waals surface area contributed by atoms with E-state index >= 15 is 0 Å². The van der Waals surface area contributed by atoms with Gasteiger partial charge < -0.3 is 9.84 Å². The van der Waals surface area contributed by atoms with Crippen LogP contribution >= 0.6 is 0 Å². The number of amides is 1. The largest absolute Gasteiger partial charge is 0.507 e. The van der Waals surface area contributed by atoms with Crippen LogP contribution in [-0.4, -0.2) is 23.4 Å². The van der Waals surface area contributed by atoms with E-state index in [0.717, 1.165) is 54.5 Å². The van der Waals surface area contributed by atoms with Crippen molar-refractivity contribution in [3.63, 3.8) is 0 Å². The summed E-state index contributed by atoms with van der Waals surface area (Å²) in [5.41, 5.74) is -1.28. The molecular weight excluding hydrogens is 502 g/mol. The molecule has 4 rings (SSSR count).